The van der Waals surface area contributed by atoms with Crippen molar-refractivity contribution in [3.8, 4) is 0 Å². The van der Waals surface area contributed by atoms with E-state index in [-0.39, 0.29) is 11.5 Å². The zero-order valence-corrected chi connectivity index (χ0v) is 8.61. The predicted octanol–water partition coefficient (Wildman–Crippen LogP) is 2.03. The number of nitrogens with one attached hydrogen (secondary N) is 1. The quantitative estimate of drug-likeness (QED) is 0.494. The zero-order valence-electron chi connectivity index (χ0n) is 8.61. The Morgan fingerprint density at radius 3 is 3.06 bits per heavy atom. The van der Waals surface area contributed by atoms with Gasteiger partial charge in [0.05, 0.1) is 17.4 Å². The summed E-state index contributed by atoms with van der Waals surface area (Å²) >= 11 is 0. The van der Waals surface area contributed by atoms with Crippen LogP contribution in [0.1, 0.15) is 5.76 Å². The first-order valence-corrected chi connectivity index (χ1v) is 4.69. The molecular formula is C10H8N4O3. The van der Waals surface area contributed by atoms with Crippen LogP contribution in [-0.2, 0) is 0 Å². The molecule has 0 radical (unpaired) electrons. The van der Waals surface area contributed by atoms with Crippen LogP contribution in [0.3, 0.4) is 0 Å². The molecule has 0 aliphatic heterocycles. The maximum Gasteiger partial charge on any atom is 0.313 e. The molecule has 0 spiro atoms. The van der Waals surface area contributed by atoms with Crippen LogP contribution >= 0.6 is 0 Å². The summed E-state index contributed by atoms with van der Waals surface area (Å²) in [5.74, 6) is 0.622. The summed E-state index contributed by atoms with van der Waals surface area (Å²) in [5, 5.41) is 14.5. The van der Waals surface area contributed by atoms with Gasteiger partial charge in [-0.2, -0.15) is 5.10 Å². The van der Waals surface area contributed by atoms with E-state index in [1.807, 2.05) is 0 Å². The van der Waals surface area contributed by atoms with Crippen LogP contribution in [0.2, 0.25) is 0 Å². The van der Waals surface area contributed by atoms with Gasteiger partial charge >= 0.3 is 5.69 Å². The molecule has 1 N–H and O–H groups in total. The van der Waals surface area contributed by atoms with Crippen LogP contribution in [0, 0.1) is 10.1 Å². The molecule has 17 heavy (non-hydrogen) atoms. The number of aromatic nitrogens is 1. The predicted molar refractivity (Wildman–Crippen MR) is 60.8 cm³/mol. The average molecular weight is 232 g/mol. The van der Waals surface area contributed by atoms with Crippen LogP contribution < -0.4 is 5.43 Å². The molecule has 0 atom stereocenters. The topological polar surface area (TPSA) is 93.6 Å². The molecule has 0 saturated heterocycles. The first-order chi connectivity index (χ1) is 8.27. The highest BCUT2D eigenvalue weighted by molar-refractivity contribution is 5.76. The number of rotatable bonds is 4. The highest BCUT2D eigenvalue weighted by Crippen LogP contribution is 2.19. The lowest BCUT2D eigenvalue weighted by Gasteiger charge is -1.98. The number of pyridine rings is 1. The summed E-state index contributed by atoms with van der Waals surface area (Å²) in [4.78, 5) is 14.0. The molecule has 0 bridgehead atoms. The molecule has 0 fully saturated rings. The largest absolute Gasteiger partial charge is 0.463 e. The SMILES string of the molecule is O=[N+]([O-])c1cccnc1N/N=C\c1ccco1. The van der Waals surface area contributed by atoms with E-state index in [0.29, 0.717) is 5.76 Å². The first-order valence-electron chi connectivity index (χ1n) is 4.69. The van der Waals surface area contributed by atoms with Gasteiger partial charge in [-0.05, 0) is 18.2 Å². The molecule has 2 rings (SSSR count). The Morgan fingerprint density at radius 1 is 1.47 bits per heavy atom. The second-order valence-electron chi connectivity index (χ2n) is 3.01. The maximum absolute atomic E-state index is 10.7. The minimum Gasteiger partial charge on any atom is -0.463 e. The molecular weight excluding hydrogens is 224 g/mol. The number of anilines is 1. The van der Waals surface area contributed by atoms with E-state index in [1.54, 1.807) is 12.1 Å². The number of nitro groups is 1. The fourth-order valence-corrected chi connectivity index (χ4v) is 1.15. The normalized spacial score (nSPS) is 10.6. The second-order valence-corrected chi connectivity index (χ2v) is 3.01. The van der Waals surface area contributed by atoms with E-state index in [9.17, 15) is 10.1 Å². The van der Waals surface area contributed by atoms with E-state index in [2.05, 4.69) is 15.5 Å². The smallest absolute Gasteiger partial charge is 0.313 e. The molecule has 86 valence electrons. The number of nitrogens with zero attached hydrogens (tertiary/aromatic N) is 3. The highest BCUT2D eigenvalue weighted by atomic mass is 16.6. The number of hydrogen-bond donors (Lipinski definition) is 1. The van der Waals surface area contributed by atoms with Gasteiger partial charge in [0.25, 0.3) is 0 Å². The van der Waals surface area contributed by atoms with E-state index < -0.39 is 4.92 Å². The third-order valence-corrected chi connectivity index (χ3v) is 1.89. The average Bonchev–Trinajstić information content (AvgIpc) is 2.82. The summed E-state index contributed by atoms with van der Waals surface area (Å²) in [6, 6.07) is 6.25. The van der Waals surface area contributed by atoms with E-state index in [1.165, 1.54) is 30.8 Å². The molecule has 0 aliphatic rings. The molecule has 2 aromatic rings. The Bertz CT molecular complexity index is 536. The third-order valence-electron chi connectivity index (χ3n) is 1.89. The molecule has 7 nitrogen and oxygen atoms in total. The first kappa shape index (κ1) is 10.8. The van der Waals surface area contributed by atoms with Gasteiger partial charge in [0.1, 0.15) is 5.76 Å². The highest BCUT2D eigenvalue weighted by Gasteiger charge is 2.12. The summed E-state index contributed by atoms with van der Waals surface area (Å²) in [6.07, 6.45) is 4.35. The summed E-state index contributed by atoms with van der Waals surface area (Å²) in [6.45, 7) is 0. The molecule has 0 unspecified atom stereocenters. The van der Waals surface area contributed by atoms with Crippen molar-refractivity contribution >= 4 is 17.7 Å². The summed E-state index contributed by atoms with van der Waals surface area (Å²) in [5.41, 5.74) is 2.35. The molecule has 2 heterocycles. The van der Waals surface area contributed by atoms with E-state index in [0.717, 1.165) is 0 Å². The second kappa shape index (κ2) is 4.88. The summed E-state index contributed by atoms with van der Waals surface area (Å²) in [7, 11) is 0. The van der Waals surface area contributed by atoms with Gasteiger partial charge in [-0.25, -0.2) is 4.98 Å². The van der Waals surface area contributed by atoms with Crippen molar-refractivity contribution in [2.24, 2.45) is 5.10 Å². The van der Waals surface area contributed by atoms with Crippen LogP contribution in [0.5, 0.6) is 0 Å². The molecule has 0 aliphatic carbocycles. The van der Waals surface area contributed by atoms with Gasteiger partial charge in [0.15, 0.2) is 0 Å². The van der Waals surface area contributed by atoms with Crippen LogP contribution in [-0.4, -0.2) is 16.1 Å². The standard InChI is InChI=1S/C10H8N4O3/c15-14(16)9-4-1-5-11-10(9)13-12-7-8-3-2-6-17-8/h1-7H,(H,11,13)/b12-7-. The summed E-state index contributed by atoms with van der Waals surface area (Å²) < 4.78 is 5.01. The van der Waals surface area contributed by atoms with Crippen LogP contribution in [0.4, 0.5) is 11.5 Å². The van der Waals surface area contributed by atoms with Crippen molar-refractivity contribution in [2.45, 2.75) is 0 Å². The van der Waals surface area contributed by atoms with Crippen molar-refractivity contribution < 1.29 is 9.34 Å². The molecule has 0 saturated carbocycles. The van der Waals surface area contributed by atoms with E-state index >= 15 is 0 Å². The van der Waals surface area contributed by atoms with Gasteiger partial charge in [-0.1, -0.05) is 0 Å². The van der Waals surface area contributed by atoms with E-state index in [4.69, 9.17) is 4.42 Å². The Morgan fingerprint density at radius 2 is 2.35 bits per heavy atom. The van der Waals surface area contributed by atoms with Crippen molar-refractivity contribution in [1.29, 1.82) is 0 Å². The van der Waals surface area contributed by atoms with Gasteiger partial charge in [0.2, 0.25) is 5.82 Å². The van der Waals surface area contributed by atoms with Gasteiger partial charge in [0, 0.05) is 12.3 Å². The lowest BCUT2D eigenvalue weighted by Crippen LogP contribution is -1.98. The third kappa shape index (κ3) is 2.65. The molecule has 0 amide bonds. The van der Waals surface area contributed by atoms with Crippen LogP contribution in [0.25, 0.3) is 0 Å². The fraction of sp³-hybridized carbons (Fsp3) is 0. The number of hydrazone groups is 1. The van der Waals surface area contributed by atoms with Gasteiger partial charge in [-0.3, -0.25) is 15.5 Å². The Labute approximate surface area is 95.9 Å². The molecule has 7 heteroatoms. The Hall–Kier alpha value is -2.70. The zero-order chi connectivity index (χ0) is 12.1. The van der Waals surface area contributed by atoms with Crippen LogP contribution in [0.15, 0.2) is 46.2 Å². The Kier molecular flexibility index (Phi) is 3.10. The lowest BCUT2D eigenvalue weighted by atomic mass is 10.4. The molecule has 2 aromatic heterocycles. The monoisotopic (exact) mass is 232 g/mol. The Balaban J connectivity index is 2.11. The van der Waals surface area contributed by atoms with Crippen molar-refractivity contribution in [1.82, 2.24) is 4.98 Å². The fourth-order valence-electron chi connectivity index (χ4n) is 1.15. The molecule has 0 aromatic carbocycles. The van der Waals surface area contributed by atoms with Gasteiger partial charge in [-0.15, -0.1) is 0 Å². The minimum absolute atomic E-state index is 0.0836. The number of furan rings is 1. The van der Waals surface area contributed by atoms with Crippen molar-refractivity contribution in [2.75, 3.05) is 5.43 Å². The van der Waals surface area contributed by atoms with Gasteiger partial charge < -0.3 is 4.42 Å². The number of hydrogen-bond acceptors (Lipinski definition) is 6. The maximum atomic E-state index is 10.7. The lowest BCUT2D eigenvalue weighted by molar-refractivity contribution is -0.384. The van der Waals surface area contributed by atoms with Crippen molar-refractivity contribution in [3.05, 3.63) is 52.6 Å². The minimum atomic E-state index is -0.530. The van der Waals surface area contributed by atoms with Crippen molar-refractivity contribution in [3.63, 3.8) is 0 Å².